The van der Waals surface area contributed by atoms with Crippen LogP contribution in [0.1, 0.15) is 15.9 Å². The van der Waals surface area contributed by atoms with Crippen LogP contribution in [0.5, 0.6) is 5.75 Å². The normalized spacial score (nSPS) is 14.4. The number of aliphatic carboxylic acids is 1. The third kappa shape index (κ3) is 2.38. The average Bonchev–Trinajstić information content (AvgIpc) is 2.31. The van der Waals surface area contributed by atoms with Gasteiger partial charge in [0.15, 0.2) is 6.61 Å². The number of fused-ring (bicyclic) bond motifs is 1. The number of hydrogen-bond acceptors (Lipinski definition) is 3. The Morgan fingerprint density at radius 2 is 2.29 bits per heavy atom. The minimum Gasteiger partial charge on any atom is -0.482 e. The van der Waals surface area contributed by atoms with Crippen LogP contribution in [-0.2, 0) is 11.2 Å². The van der Waals surface area contributed by atoms with Crippen molar-refractivity contribution in [2.75, 3.05) is 20.2 Å². The van der Waals surface area contributed by atoms with Gasteiger partial charge in [-0.05, 0) is 30.2 Å². The van der Waals surface area contributed by atoms with Crippen LogP contribution in [0, 0.1) is 0 Å². The van der Waals surface area contributed by atoms with E-state index in [4.69, 9.17) is 9.84 Å². The Bertz CT molecular complexity index is 470. The molecule has 1 N–H and O–H groups in total. The molecule has 90 valence electrons. The van der Waals surface area contributed by atoms with Gasteiger partial charge in [-0.1, -0.05) is 0 Å². The molecule has 0 aliphatic carbocycles. The topological polar surface area (TPSA) is 66.8 Å². The second kappa shape index (κ2) is 4.45. The lowest BCUT2D eigenvalue weighted by molar-refractivity contribution is -0.139. The maximum Gasteiger partial charge on any atom is 0.341 e. The maximum atomic E-state index is 11.8. The van der Waals surface area contributed by atoms with Gasteiger partial charge in [0.1, 0.15) is 5.75 Å². The molecule has 0 atom stereocenters. The van der Waals surface area contributed by atoms with Crippen molar-refractivity contribution < 1.29 is 19.4 Å². The van der Waals surface area contributed by atoms with Crippen molar-refractivity contribution in [3.8, 4) is 5.75 Å². The molecular weight excluding hydrogens is 222 g/mol. The minimum absolute atomic E-state index is 0.00367. The van der Waals surface area contributed by atoms with Gasteiger partial charge in [-0.2, -0.15) is 0 Å². The summed E-state index contributed by atoms with van der Waals surface area (Å²) in [6, 6.07) is 5.05. The molecule has 1 aromatic rings. The van der Waals surface area contributed by atoms with E-state index in [9.17, 15) is 9.59 Å². The summed E-state index contributed by atoms with van der Waals surface area (Å²) < 4.78 is 5.07. The van der Waals surface area contributed by atoms with E-state index in [0.717, 1.165) is 12.0 Å². The van der Waals surface area contributed by atoms with Crippen LogP contribution in [0.3, 0.4) is 0 Å². The summed E-state index contributed by atoms with van der Waals surface area (Å²) in [6.07, 6.45) is 0.766. The second-order valence-corrected chi connectivity index (χ2v) is 3.98. The third-order valence-electron chi connectivity index (χ3n) is 2.73. The number of carboxylic acid groups (broad SMARTS) is 1. The zero-order valence-electron chi connectivity index (χ0n) is 9.47. The van der Waals surface area contributed by atoms with Crippen molar-refractivity contribution in [1.82, 2.24) is 4.90 Å². The molecule has 17 heavy (non-hydrogen) atoms. The van der Waals surface area contributed by atoms with E-state index in [2.05, 4.69) is 0 Å². The van der Waals surface area contributed by atoms with Gasteiger partial charge >= 0.3 is 5.97 Å². The van der Waals surface area contributed by atoms with Crippen molar-refractivity contribution in [3.05, 3.63) is 29.3 Å². The number of benzene rings is 1. The zero-order valence-corrected chi connectivity index (χ0v) is 9.47. The summed E-state index contributed by atoms with van der Waals surface area (Å²) in [5.41, 5.74) is 1.58. The molecule has 5 nitrogen and oxygen atoms in total. The highest BCUT2D eigenvalue weighted by Gasteiger charge is 2.21. The number of likely N-dealkylation sites (N-methyl/N-ethyl adjacent to an activating group) is 1. The molecule has 1 aromatic carbocycles. The van der Waals surface area contributed by atoms with Gasteiger partial charge in [0.25, 0.3) is 5.91 Å². The lowest BCUT2D eigenvalue weighted by Gasteiger charge is -2.24. The first-order chi connectivity index (χ1) is 8.08. The molecule has 0 radical (unpaired) electrons. The quantitative estimate of drug-likeness (QED) is 0.840. The van der Waals surface area contributed by atoms with Crippen molar-refractivity contribution in [1.29, 1.82) is 0 Å². The Morgan fingerprint density at radius 1 is 1.53 bits per heavy atom. The maximum absolute atomic E-state index is 11.8. The molecule has 0 aromatic heterocycles. The van der Waals surface area contributed by atoms with E-state index in [1.165, 1.54) is 0 Å². The second-order valence-electron chi connectivity index (χ2n) is 3.98. The van der Waals surface area contributed by atoms with E-state index in [0.29, 0.717) is 17.9 Å². The molecule has 0 bridgehead atoms. The number of carboxylic acids is 1. The number of carbonyl (C=O) groups excluding carboxylic acids is 1. The van der Waals surface area contributed by atoms with Crippen LogP contribution in [0.4, 0.5) is 0 Å². The fourth-order valence-electron chi connectivity index (χ4n) is 1.82. The molecule has 0 spiro atoms. The Balaban J connectivity index is 2.20. The molecular formula is C12H13NO4. The highest BCUT2D eigenvalue weighted by molar-refractivity contribution is 5.96. The van der Waals surface area contributed by atoms with Crippen LogP contribution < -0.4 is 4.74 Å². The van der Waals surface area contributed by atoms with E-state index in [1.807, 2.05) is 0 Å². The predicted molar refractivity (Wildman–Crippen MR) is 60.2 cm³/mol. The number of amides is 1. The first kappa shape index (κ1) is 11.4. The van der Waals surface area contributed by atoms with Gasteiger partial charge in [-0.15, -0.1) is 0 Å². The molecule has 1 aliphatic rings. The van der Waals surface area contributed by atoms with Crippen molar-refractivity contribution in [2.24, 2.45) is 0 Å². The summed E-state index contributed by atoms with van der Waals surface area (Å²) in [6.45, 7) is 0.306. The summed E-state index contributed by atoms with van der Waals surface area (Å²) in [5, 5.41) is 8.50. The van der Waals surface area contributed by atoms with Crippen LogP contribution in [-0.4, -0.2) is 42.1 Å². The Kier molecular flexibility index (Phi) is 2.99. The van der Waals surface area contributed by atoms with Gasteiger partial charge in [0.2, 0.25) is 0 Å². The molecule has 0 saturated heterocycles. The summed E-state index contributed by atoms with van der Waals surface area (Å²) >= 11 is 0. The molecule has 5 heteroatoms. The SMILES string of the molecule is CN1CCc2cc(OCC(=O)O)ccc2C1=O. The average molecular weight is 235 g/mol. The summed E-state index contributed by atoms with van der Waals surface area (Å²) in [4.78, 5) is 23.8. The van der Waals surface area contributed by atoms with Crippen molar-refractivity contribution in [2.45, 2.75) is 6.42 Å². The number of rotatable bonds is 3. The van der Waals surface area contributed by atoms with Gasteiger partial charge in [-0.3, -0.25) is 4.79 Å². The number of nitrogens with zero attached hydrogens (tertiary/aromatic N) is 1. The summed E-state index contributed by atoms with van der Waals surface area (Å²) in [7, 11) is 1.76. The Hall–Kier alpha value is -2.04. The fraction of sp³-hybridized carbons (Fsp3) is 0.333. The van der Waals surface area contributed by atoms with Gasteiger partial charge < -0.3 is 14.7 Å². The van der Waals surface area contributed by atoms with E-state index in [1.54, 1.807) is 30.1 Å². The minimum atomic E-state index is -1.02. The molecule has 0 fully saturated rings. The Labute approximate surface area is 98.6 Å². The molecule has 0 saturated carbocycles. The van der Waals surface area contributed by atoms with Crippen molar-refractivity contribution in [3.63, 3.8) is 0 Å². The number of hydrogen-bond donors (Lipinski definition) is 1. The van der Waals surface area contributed by atoms with Gasteiger partial charge in [0, 0.05) is 19.2 Å². The molecule has 2 rings (SSSR count). The van der Waals surface area contributed by atoms with Crippen LogP contribution in [0.15, 0.2) is 18.2 Å². The smallest absolute Gasteiger partial charge is 0.341 e. The van der Waals surface area contributed by atoms with Crippen LogP contribution in [0.25, 0.3) is 0 Å². The standard InChI is InChI=1S/C12H13NO4/c1-13-5-4-8-6-9(17-7-11(14)15)2-3-10(8)12(13)16/h2-3,6H,4-5,7H2,1H3,(H,14,15). The lowest BCUT2D eigenvalue weighted by Crippen LogP contribution is -2.34. The summed E-state index contributed by atoms with van der Waals surface area (Å²) in [5.74, 6) is -0.530. The first-order valence-corrected chi connectivity index (χ1v) is 5.31. The number of carbonyl (C=O) groups is 2. The monoisotopic (exact) mass is 235 g/mol. The predicted octanol–water partition coefficient (Wildman–Crippen LogP) is 0.778. The van der Waals surface area contributed by atoms with Gasteiger partial charge in [0.05, 0.1) is 0 Å². The van der Waals surface area contributed by atoms with Crippen LogP contribution >= 0.6 is 0 Å². The molecule has 1 aliphatic heterocycles. The molecule has 1 amide bonds. The third-order valence-corrected chi connectivity index (χ3v) is 2.73. The van der Waals surface area contributed by atoms with E-state index >= 15 is 0 Å². The number of ether oxygens (including phenoxy) is 1. The first-order valence-electron chi connectivity index (χ1n) is 5.31. The van der Waals surface area contributed by atoms with E-state index in [-0.39, 0.29) is 12.5 Å². The van der Waals surface area contributed by atoms with Crippen molar-refractivity contribution >= 4 is 11.9 Å². The van der Waals surface area contributed by atoms with Crippen LogP contribution in [0.2, 0.25) is 0 Å². The lowest BCUT2D eigenvalue weighted by atomic mass is 9.99. The highest BCUT2D eigenvalue weighted by Crippen LogP contribution is 2.23. The molecule has 0 unspecified atom stereocenters. The van der Waals surface area contributed by atoms with Gasteiger partial charge in [-0.25, -0.2) is 4.79 Å². The zero-order chi connectivity index (χ0) is 12.4. The Morgan fingerprint density at radius 3 is 3.00 bits per heavy atom. The largest absolute Gasteiger partial charge is 0.482 e. The van der Waals surface area contributed by atoms with E-state index < -0.39 is 5.97 Å². The highest BCUT2D eigenvalue weighted by atomic mass is 16.5. The molecule has 1 heterocycles. The fourth-order valence-corrected chi connectivity index (χ4v) is 1.82.